The van der Waals surface area contributed by atoms with Gasteiger partial charge in [-0.05, 0) is 11.6 Å². The predicted octanol–water partition coefficient (Wildman–Crippen LogP) is -0.435. The number of ether oxygens (including phenoxy) is 4. The second-order valence-electron chi connectivity index (χ2n) is 6.76. The molecule has 2 aromatic rings. The molecule has 0 aliphatic carbocycles. The van der Waals surface area contributed by atoms with Crippen LogP contribution in [0.3, 0.4) is 0 Å². The molecule has 12 heteroatoms. The van der Waals surface area contributed by atoms with E-state index in [4.69, 9.17) is 24.2 Å². The lowest BCUT2D eigenvalue weighted by Gasteiger charge is -2.27. The fourth-order valence-corrected chi connectivity index (χ4v) is 3.33. The van der Waals surface area contributed by atoms with Gasteiger partial charge in [-0.3, -0.25) is 20.0 Å². The van der Waals surface area contributed by atoms with Gasteiger partial charge in [-0.15, -0.1) is 0 Å². The summed E-state index contributed by atoms with van der Waals surface area (Å²) >= 11 is 0. The van der Waals surface area contributed by atoms with Crippen LogP contribution in [0, 0.1) is 0 Å². The highest BCUT2D eigenvalue weighted by atomic mass is 16.7. The first kappa shape index (κ1) is 20.5. The number of benzene rings is 1. The van der Waals surface area contributed by atoms with Crippen LogP contribution in [0.15, 0.2) is 47.4 Å². The van der Waals surface area contributed by atoms with Crippen LogP contribution in [0.25, 0.3) is 0 Å². The summed E-state index contributed by atoms with van der Waals surface area (Å²) in [6.07, 6.45) is -3.15. The molecule has 1 aromatic carbocycles. The minimum Gasteiger partial charge on any atom is -0.463 e. The first-order chi connectivity index (χ1) is 15.0. The number of aromatic nitrogens is 2. The number of nitrogens with zero attached hydrogens (tertiary/aromatic N) is 2. The largest absolute Gasteiger partial charge is 0.463 e. The predicted molar refractivity (Wildman–Crippen MR) is 98.7 cm³/mol. The minimum absolute atomic E-state index is 0.0266. The fourth-order valence-electron chi connectivity index (χ4n) is 3.33. The first-order valence-corrected chi connectivity index (χ1v) is 9.22. The summed E-state index contributed by atoms with van der Waals surface area (Å²) in [4.78, 5) is 51.4. The fraction of sp³-hybridized carbons (Fsp3) is 0.316. The van der Waals surface area contributed by atoms with Crippen LogP contribution >= 0.6 is 0 Å². The van der Waals surface area contributed by atoms with Gasteiger partial charge in [0.25, 0.3) is 0 Å². The molecule has 2 unspecified atom stereocenters. The molecule has 0 amide bonds. The summed E-state index contributed by atoms with van der Waals surface area (Å²) in [6, 6.07) is 10.2. The highest BCUT2D eigenvalue weighted by Crippen LogP contribution is 2.35. The van der Waals surface area contributed by atoms with Crippen LogP contribution in [0.2, 0.25) is 0 Å². The minimum atomic E-state index is -1.23. The number of carbonyl (C=O) groups is 3. The molecule has 31 heavy (non-hydrogen) atoms. The lowest BCUT2D eigenvalue weighted by molar-refractivity contribution is -0.195. The number of rotatable bonds is 6. The van der Waals surface area contributed by atoms with Crippen molar-refractivity contribution in [2.24, 2.45) is 0 Å². The summed E-state index contributed by atoms with van der Waals surface area (Å²) in [5.74, 6) is -3.08. The van der Waals surface area contributed by atoms with Crippen molar-refractivity contribution in [2.45, 2.75) is 31.0 Å². The maximum Gasteiger partial charge on any atom is 0.418 e. The number of esters is 3. The second kappa shape index (κ2) is 8.53. The van der Waals surface area contributed by atoms with Crippen molar-refractivity contribution >= 4 is 23.7 Å². The Bertz CT molecular complexity index is 1060. The van der Waals surface area contributed by atoms with E-state index in [1.54, 1.807) is 29.7 Å². The Balaban J connectivity index is 1.50. The first-order valence-electron chi connectivity index (χ1n) is 9.22. The average Bonchev–Trinajstić information content (AvgIpc) is 3.10. The van der Waals surface area contributed by atoms with E-state index in [9.17, 15) is 19.2 Å². The van der Waals surface area contributed by atoms with Crippen LogP contribution in [-0.4, -0.2) is 57.6 Å². The monoisotopic (exact) mass is 431 g/mol. The van der Waals surface area contributed by atoms with Crippen LogP contribution in [0.1, 0.15) is 11.8 Å². The molecule has 2 N–H and O–H groups in total. The van der Waals surface area contributed by atoms with E-state index in [1.807, 2.05) is 6.07 Å². The average molecular weight is 431 g/mol. The SMILES string of the molecule is O=C(Cc1ccccc1)OC[C@H]1O[C@@H](n2ccc(NO)nc2=O)C2OC(=O)C(=O)OC21. The lowest BCUT2D eigenvalue weighted by Crippen LogP contribution is -2.48. The zero-order valence-corrected chi connectivity index (χ0v) is 15.9. The molecular weight excluding hydrogens is 414 g/mol. The zero-order valence-electron chi connectivity index (χ0n) is 15.9. The van der Waals surface area contributed by atoms with Gasteiger partial charge in [-0.1, -0.05) is 30.3 Å². The van der Waals surface area contributed by atoms with E-state index < -0.39 is 48.1 Å². The molecule has 2 fully saturated rings. The third kappa shape index (κ3) is 4.25. The molecule has 2 saturated heterocycles. The third-order valence-corrected chi connectivity index (χ3v) is 4.76. The molecule has 0 saturated carbocycles. The van der Waals surface area contributed by atoms with Crippen molar-refractivity contribution in [2.75, 3.05) is 12.1 Å². The van der Waals surface area contributed by atoms with Gasteiger partial charge < -0.3 is 18.9 Å². The second-order valence-corrected chi connectivity index (χ2v) is 6.76. The Labute approximate surface area is 174 Å². The summed E-state index contributed by atoms with van der Waals surface area (Å²) in [5, 5.41) is 8.87. The van der Waals surface area contributed by atoms with Gasteiger partial charge in [-0.2, -0.15) is 4.98 Å². The van der Waals surface area contributed by atoms with Crippen LogP contribution < -0.4 is 11.2 Å². The Hall–Kier alpha value is -3.77. The van der Waals surface area contributed by atoms with Crippen molar-refractivity contribution < 1.29 is 38.5 Å². The van der Waals surface area contributed by atoms with Crippen LogP contribution in [-0.2, 0) is 39.8 Å². The van der Waals surface area contributed by atoms with Gasteiger partial charge in [0.2, 0.25) is 0 Å². The Morgan fingerprint density at radius 2 is 1.81 bits per heavy atom. The number of hydrogen-bond acceptors (Lipinski definition) is 11. The number of anilines is 1. The molecule has 2 aliphatic heterocycles. The summed E-state index contributed by atoms with van der Waals surface area (Å²) in [6.45, 7) is -0.299. The van der Waals surface area contributed by atoms with Gasteiger partial charge in [-0.25, -0.2) is 14.4 Å². The van der Waals surface area contributed by atoms with E-state index in [0.29, 0.717) is 0 Å². The summed E-state index contributed by atoms with van der Waals surface area (Å²) < 4.78 is 22.2. The van der Waals surface area contributed by atoms with Crippen molar-refractivity contribution in [3.8, 4) is 0 Å². The van der Waals surface area contributed by atoms with Gasteiger partial charge in [0.05, 0.1) is 6.42 Å². The molecule has 4 rings (SSSR count). The summed E-state index contributed by atoms with van der Waals surface area (Å²) in [7, 11) is 0. The van der Waals surface area contributed by atoms with Crippen molar-refractivity contribution in [1.29, 1.82) is 0 Å². The van der Waals surface area contributed by atoms with Gasteiger partial charge in [0.15, 0.2) is 24.3 Å². The number of fused-ring (bicyclic) bond motifs is 1. The number of hydrogen-bond donors (Lipinski definition) is 2. The number of nitrogens with one attached hydrogen (secondary N) is 1. The van der Waals surface area contributed by atoms with Gasteiger partial charge >= 0.3 is 23.6 Å². The number of carbonyl (C=O) groups excluding carboxylic acids is 3. The molecule has 3 heterocycles. The Morgan fingerprint density at radius 1 is 1.10 bits per heavy atom. The maximum atomic E-state index is 12.3. The van der Waals surface area contributed by atoms with Crippen molar-refractivity contribution in [1.82, 2.24) is 9.55 Å². The molecule has 162 valence electrons. The standard InChI is InChI=1S/C19H17N3O9/c23-13(8-10-4-2-1-3-5-10)28-9-11-14-15(31-18(25)17(24)30-14)16(29-11)22-7-6-12(21-27)20-19(22)26/h1-7,11,14-16,27H,8-9H2,(H,20,21,26)/t11-,14?,15?,16-/m1/s1. The molecule has 0 spiro atoms. The molecule has 0 bridgehead atoms. The molecule has 12 nitrogen and oxygen atoms in total. The van der Waals surface area contributed by atoms with E-state index in [2.05, 4.69) is 4.98 Å². The topological polar surface area (TPSA) is 155 Å². The lowest BCUT2D eigenvalue weighted by atomic mass is 10.1. The smallest absolute Gasteiger partial charge is 0.418 e. The normalized spacial score (nSPS) is 24.7. The van der Waals surface area contributed by atoms with E-state index in [-0.39, 0.29) is 18.8 Å². The van der Waals surface area contributed by atoms with Crippen LogP contribution in [0.5, 0.6) is 0 Å². The van der Waals surface area contributed by atoms with Crippen molar-refractivity contribution in [3.63, 3.8) is 0 Å². The van der Waals surface area contributed by atoms with Gasteiger partial charge in [0.1, 0.15) is 12.7 Å². The maximum absolute atomic E-state index is 12.3. The molecule has 2 aliphatic rings. The van der Waals surface area contributed by atoms with E-state index in [0.717, 1.165) is 10.1 Å². The molecule has 0 radical (unpaired) electrons. The van der Waals surface area contributed by atoms with E-state index >= 15 is 0 Å². The quantitative estimate of drug-likeness (QED) is 0.265. The summed E-state index contributed by atoms with van der Waals surface area (Å²) in [5.41, 5.74) is 1.67. The molecular formula is C19H17N3O9. The zero-order chi connectivity index (χ0) is 22.0. The highest BCUT2D eigenvalue weighted by molar-refractivity contribution is 6.30. The van der Waals surface area contributed by atoms with E-state index in [1.165, 1.54) is 12.3 Å². The van der Waals surface area contributed by atoms with Crippen LogP contribution in [0.4, 0.5) is 5.82 Å². The Kier molecular flexibility index (Phi) is 5.64. The molecule has 4 atom stereocenters. The third-order valence-electron chi connectivity index (χ3n) is 4.76. The van der Waals surface area contributed by atoms with Crippen molar-refractivity contribution in [3.05, 3.63) is 58.6 Å². The van der Waals surface area contributed by atoms with Gasteiger partial charge in [0, 0.05) is 6.20 Å². The highest BCUT2D eigenvalue weighted by Gasteiger charge is 2.55. The molecule has 1 aromatic heterocycles. The Morgan fingerprint density at radius 3 is 2.48 bits per heavy atom.